The maximum atomic E-state index is 13.6. The molecule has 0 unspecified atom stereocenters. The fourth-order valence-electron chi connectivity index (χ4n) is 5.02. The molecule has 1 aromatic heterocycles. The summed E-state index contributed by atoms with van der Waals surface area (Å²) >= 11 is 0. The van der Waals surface area contributed by atoms with E-state index in [1.807, 2.05) is 41.0 Å². The van der Waals surface area contributed by atoms with Gasteiger partial charge in [-0.1, -0.05) is 51.3 Å². The summed E-state index contributed by atoms with van der Waals surface area (Å²) in [6.07, 6.45) is 8.59. The first kappa shape index (κ1) is 20.9. The van der Waals surface area contributed by atoms with Gasteiger partial charge in [0.2, 0.25) is 0 Å². The van der Waals surface area contributed by atoms with Crippen LogP contribution in [0.4, 0.5) is 0 Å². The first-order valence-electron chi connectivity index (χ1n) is 11.2. The van der Waals surface area contributed by atoms with E-state index in [0.717, 1.165) is 47.7 Å². The fourth-order valence-corrected chi connectivity index (χ4v) is 5.02. The number of hydrogen-bond acceptors (Lipinski definition) is 4. The lowest BCUT2D eigenvalue weighted by Crippen LogP contribution is -2.32. The van der Waals surface area contributed by atoms with Crippen LogP contribution in [-0.2, 0) is 9.53 Å². The molecule has 1 aromatic carbocycles. The van der Waals surface area contributed by atoms with Crippen LogP contribution in [0.25, 0.3) is 16.8 Å². The van der Waals surface area contributed by atoms with Gasteiger partial charge in [0.25, 0.3) is 5.56 Å². The van der Waals surface area contributed by atoms with Crippen LogP contribution in [0.3, 0.4) is 0 Å². The number of aliphatic hydroxyl groups is 1. The van der Waals surface area contributed by atoms with Crippen LogP contribution in [0.15, 0.2) is 35.1 Å². The zero-order valence-electron chi connectivity index (χ0n) is 17.8. The highest BCUT2D eigenvalue weighted by Gasteiger charge is 2.27. The molecule has 2 atom stereocenters. The molecule has 0 bridgehead atoms. The molecule has 2 aromatic rings. The first-order valence-corrected chi connectivity index (χ1v) is 11.2. The second-order valence-electron chi connectivity index (χ2n) is 8.95. The molecule has 2 fully saturated rings. The lowest BCUT2D eigenvalue weighted by Gasteiger charge is -2.29. The largest absolute Gasteiger partial charge is 0.458 e. The number of esters is 1. The van der Waals surface area contributed by atoms with E-state index in [2.05, 4.69) is 13.8 Å². The van der Waals surface area contributed by atoms with Crippen LogP contribution >= 0.6 is 0 Å². The first-order chi connectivity index (χ1) is 14.5. The Morgan fingerprint density at radius 2 is 1.80 bits per heavy atom. The molecule has 1 saturated carbocycles. The monoisotopic (exact) mass is 409 g/mol. The molecule has 1 aliphatic heterocycles. The van der Waals surface area contributed by atoms with Crippen LogP contribution in [0.5, 0.6) is 0 Å². The van der Waals surface area contributed by atoms with E-state index >= 15 is 0 Å². The quantitative estimate of drug-likeness (QED) is 0.743. The highest BCUT2D eigenvalue weighted by atomic mass is 16.5. The fraction of sp³-hybridized carbons (Fsp3) is 0.520. The van der Waals surface area contributed by atoms with Crippen molar-refractivity contribution in [3.05, 3.63) is 52.0 Å². The Bertz CT molecular complexity index is 1010. The third-order valence-corrected chi connectivity index (χ3v) is 6.38. The number of aliphatic hydroxyl groups excluding tert-OH is 1. The number of aromatic nitrogens is 1. The van der Waals surface area contributed by atoms with Crippen LogP contribution < -0.4 is 5.56 Å². The molecule has 0 spiro atoms. The van der Waals surface area contributed by atoms with Gasteiger partial charge in [-0.25, -0.2) is 0 Å². The normalized spacial score (nSPS) is 23.4. The number of ether oxygens (including phenoxy) is 1. The van der Waals surface area contributed by atoms with E-state index in [0.29, 0.717) is 6.42 Å². The van der Waals surface area contributed by atoms with Gasteiger partial charge < -0.3 is 14.4 Å². The van der Waals surface area contributed by atoms with Gasteiger partial charge in [0.05, 0.1) is 12.5 Å². The van der Waals surface area contributed by atoms with Gasteiger partial charge in [-0.3, -0.25) is 9.59 Å². The Morgan fingerprint density at radius 3 is 2.47 bits per heavy atom. The van der Waals surface area contributed by atoms with Gasteiger partial charge in [0.15, 0.2) is 0 Å². The topological polar surface area (TPSA) is 68.5 Å². The summed E-state index contributed by atoms with van der Waals surface area (Å²) in [6, 6.07) is 8.05. The third kappa shape index (κ3) is 4.08. The molecule has 2 aliphatic rings. The predicted molar refractivity (Wildman–Crippen MR) is 119 cm³/mol. The number of nitrogens with zero attached hydrogens (tertiary/aromatic N) is 1. The molecule has 30 heavy (non-hydrogen) atoms. The maximum absolute atomic E-state index is 13.6. The summed E-state index contributed by atoms with van der Waals surface area (Å²) in [5, 5.41) is 11.7. The van der Waals surface area contributed by atoms with Crippen LogP contribution in [0.2, 0.25) is 0 Å². The minimum absolute atomic E-state index is 0.0460. The van der Waals surface area contributed by atoms with Crippen LogP contribution in [0, 0.1) is 0 Å². The Labute approximate surface area is 177 Å². The van der Waals surface area contributed by atoms with Crippen molar-refractivity contribution in [2.24, 2.45) is 0 Å². The molecule has 0 amide bonds. The molecule has 0 radical (unpaired) electrons. The van der Waals surface area contributed by atoms with Crippen molar-refractivity contribution in [3.63, 3.8) is 0 Å². The number of benzene rings is 1. The van der Waals surface area contributed by atoms with Crippen molar-refractivity contribution < 1.29 is 14.6 Å². The average Bonchev–Trinajstić information content (AvgIpc) is 2.72. The van der Waals surface area contributed by atoms with E-state index in [1.165, 1.54) is 6.42 Å². The molecule has 5 nitrogen and oxygen atoms in total. The molecule has 2 heterocycles. The van der Waals surface area contributed by atoms with Crippen molar-refractivity contribution >= 4 is 22.8 Å². The number of rotatable bonds is 4. The molecular formula is C25H31NO4. The molecule has 1 N–H and O–H groups in total. The highest BCUT2D eigenvalue weighted by Crippen LogP contribution is 2.34. The number of carbonyl (C=O) groups excluding carboxylic acids is 1. The van der Waals surface area contributed by atoms with Gasteiger partial charge in [0.1, 0.15) is 6.10 Å². The van der Waals surface area contributed by atoms with E-state index in [4.69, 9.17) is 4.74 Å². The number of fused-ring (bicyclic) bond motifs is 1. The summed E-state index contributed by atoms with van der Waals surface area (Å²) in [6.45, 7) is 4.30. The predicted octanol–water partition coefficient (Wildman–Crippen LogP) is 4.71. The van der Waals surface area contributed by atoms with Crippen LogP contribution in [0.1, 0.15) is 82.0 Å². The van der Waals surface area contributed by atoms with E-state index in [1.54, 1.807) is 0 Å². The smallest absolute Gasteiger partial charge is 0.309 e. The lowest BCUT2D eigenvalue weighted by atomic mass is 9.90. The molecule has 160 valence electrons. The Balaban J connectivity index is 1.88. The number of cyclic esters (lactones) is 1. The van der Waals surface area contributed by atoms with Gasteiger partial charge in [-0.05, 0) is 47.9 Å². The molecular weight excluding hydrogens is 378 g/mol. The molecule has 4 rings (SSSR count). The summed E-state index contributed by atoms with van der Waals surface area (Å²) < 4.78 is 7.40. The highest BCUT2D eigenvalue weighted by molar-refractivity contribution is 5.88. The third-order valence-electron chi connectivity index (χ3n) is 6.38. The number of carbonyl (C=O) groups is 1. The van der Waals surface area contributed by atoms with Crippen LogP contribution in [-0.4, -0.2) is 27.9 Å². The van der Waals surface area contributed by atoms with Crippen molar-refractivity contribution in [2.75, 3.05) is 0 Å². The zero-order valence-corrected chi connectivity index (χ0v) is 17.8. The van der Waals surface area contributed by atoms with Gasteiger partial charge >= 0.3 is 5.97 Å². The van der Waals surface area contributed by atoms with Crippen molar-refractivity contribution in [3.8, 4) is 0 Å². The summed E-state index contributed by atoms with van der Waals surface area (Å²) in [5.41, 5.74) is 2.12. The van der Waals surface area contributed by atoms with Crippen molar-refractivity contribution in [2.45, 2.75) is 83.0 Å². The van der Waals surface area contributed by atoms with Crippen molar-refractivity contribution in [1.29, 1.82) is 0 Å². The molecule has 1 saturated heterocycles. The zero-order chi connectivity index (χ0) is 21.3. The van der Waals surface area contributed by atoms with E-state index in [9.17, 15) is 14.7 Å². The molecule has 5 heteroatoms. The molecule has 1 aliphatic carbocycles. The second kappa shape index (κ2) is 8.76. The van der Waals surface area contributed by atoms with E-state index in [-0.39, 0.29) is 29.9 Å². The number of hydrogen-bond donors (Lipinski definition) is 1. The van der Waals surface area contributed by atoms with E-state index < -0.39 is 12.2 Å². The second-order valence-corrected chi connectivity index (χ2v) is 8.95. The Kier molecular flexibility index (Phi) is 6.09. The standard InChI is InChI=1S/C25H31NO4/c1-16(2)24-20-10-6-7-11-21(20)25(29)26(17-8-4-3-5-9-17)22(24)13-12-19-14-18(27)15-23(28)30-19/h6-7,10-13,16-19,27H,3-5,8-9,14-15H2,1-2H3/b13-12+/t18-,19-/m1/s1. The van der Waals surface area contributed by atoms with Crippen molar-refractivity contribution in [1.82, 2.24) is 4.57 Å². The van der Waals surface area contributed by atoms with Gasteiger partial charge in [-0.2, -0.15) is 0 Å². The summed E-state index contributed by atoms with van der Waals surface area (Å²) in [7, 11) is 0. The number of pyridine rings is 1. The minimum atomic E-state index is -0.678. The lowest BCUT2D eigenvalue weighted by molar-refractivity contribution is -0.156. The average molecular weight is 410 g/mol. The maximum Gasteiger partial charge on any atom is 0.309 e. The Hall–Kier alpha value is -2.40. The SMILES string of the molecule is CC(C)c1c(/C=C/[C@@H]2C[C@@H](O)CC(=O)O2)n(C2CCCCC2)c(=O)c2ccccc12. The minimum Gasteiger partial charge on any atom is -0.458 e. The van der Waals surface area contributed by atoms with Gasteiger partial charge in [0, 0.05) is 23.5 Å². The summed E-state index contributed by atoms with van der Waals surface area (Å²) in [4.78, 5) is 25.3. The van der Waals surface area contributed by atoms with Gasteiger partial charge in [-0.15, -0.1) is 0 Å². The summed E-state index contributed by atoms with van der Waals surface area (Å²) in [5.74, 6) is -0.153. The Morgan fingerprint density at radius 1 is 1.10 bits per heavy atom.